The SMILES string of the molecule is Cn1c([B-](F)(F)F)cnc1Cl.[K+]. The molecule has 1 heterocycles. The summed E-state index contributed by atoms with van der Waals surface area (Å²) in [4.78, 5) is 3.31. The third-order valence-corrected chi connectivity index (χ3v) is 1.65. The summed E-state index contributed by atoms with van der Waals surface area (Å²) in [6.45, 7) is -4.99. The van der Waals surface area contributed by atoms with Gasteiger partial charge in [-0.2, -0.15) is 0 Å². The van der Waals surface area contributed by atoms with E-state index in [0.717, 1.165) is 10.8 Å². The molecule has 0 saturated carbocycles. The van der Waals surface area contributed by atoms with Gasteiger partial charge in [-0.1, -0.05) is 0 Å². The third-order valence-electron chi connectivity index (χ3n) is 1.30. The average molecular weight is 222 g/mol. The molecule has 0 N–H and O–H groups in total. The molecule has 0 unspecified atom stereocenters. The Morgan fingerprint density at radius 3 is 2.17 bits per heavy atom. The number of aromatic nitrogens is 2. The van der Waals surface area contributed by atoms with Crippen molar-refractivity contribution in [2.45, 2.75) is 0 Å². The van der Waals surface area contributed by atoms with Gasteiger partial charge in [-0.15, -0.1) is 0 Å². The number of hydrogen-bond acceptors (Lipinski definition) is 1. The maximum Gasteiger partial charge on any atom is 1.00 e. The van der Waals surface area contributed by atoms with Gasteiger partial charge >= 0.3 is 58.4 Å². The van der Waals surface area contributed by atoms with Crippen LogP contribution >= 0.6 is 11.6 Å². The van der Waals surface area contributed by atoms with E-state index in [1.807, 2.05) is 0 Å². The molecule has 1 aromatic heterocycles. The van der Waals surface area contributed by atoms with Crippen LogP contribution in [0, 0.1) is 0 Å². The molecule has 1 rings (SSSR count). The minimum atomic E-state index is -4.99. The summed E-state index contributed by atoms with van der Waals surface area (Å²) < 4.78 is 36.8. The first kappa shape index (κ1) is 13.0. The largest absolute Gasteiger partial charge is 1.00 e. The van der Waals surface area contributed by atoms with Gasteiger partial charge in [0, 0.05) is 13.2 Å². The van der Waals surface area contributed by atoms with Crippen molar-refractivity contribution in [3.8, 4) is 0 Å². The molecule has 1 aromatic rings. The minimum absolute atomic E-state index is 0. The van der Waals surface area contributed by atoms with E-state index in [1.165, 1.54) is 7.05 Å². The van der Waals surface area contributed by atoms with Crippen LogP contribution in [0.4, 0.5) is 12.9 Å². The molecule has 0 fully saturated rings. The van der Waals surface area contributed by atoms with Crippen LogP contribution in [0.5, 0.6) is 0 Å². The molecule has 0 saturated heterocycles. The van der Waals surface area contributed by atoms with Crippen molar-refractivity contribution >= 4 is 24.2 Å². The minimum Gasteiger partial charge on any atom is -0.444 e. The van der Waals surface area contributed by atoms with E-state index in [9.17, 15) is 12.9 Å². The number of imidazole rings is 1. The number of nitrogens with zero attached hydrogens (tertiary/aromatic N) is 2. The van der Waals surface area contributed by atoms with E-state index >= 15 is 0 Å². The van der Waals surface area contributed by atoms with Crippen molar-refractivity contribution in [3.05, 3.63) is 11.5 Å². The molecule has 8 heteroatoms. The van der Waals surface area contributed by atoms with Crippen molar-refractivity contribution in [1.29, 1.82) is 0 Å². The molecule has 12 heavy (non-hydrogen) atoms. The van der Waals surface area contributed by atoms with Crippen molar-refractivity contribution in [2.75, 3.05) is 0 Å². The van der Waals surface area contributed by atoms with E-state index in [4.69, 9.17) is 11.6 Å². The molecular weight excluding hydrogens is 218 g/mol. The Morgan fingerprint density at radius 1 is 1.50 bits per heavy atom. The normalized spacial score (nSPS) is 11.1. The predicted molar refractivity (Wildman–Crippen MR) is 36.9 cm³/mol. The topological polar surface area (TPSA) is 17.8 Å². The van der Waals surface area contributed by atoms with Crippen LogP contribution in [0.15, 0.2) is 6.20 Å². The fourth-order valence-electron chi connectivity index (χ4n) is 0.703. The summed E-state index contributed by atoms with van der Waals surface area (Å²) in [5.41, 5.74) is -0.782. The van der Waals surface area contributed by atoms with Gasteiger partial charge < -0.3 is 17.5 Å². The second kappa shape index (κ2) is 4.48. The van der Waals surface area contributed by atoms with Crippen LogP contribution in [0.25, 0.3) is 0 Å². The molecular formula is C4H4BClF3KN2. The van der Waals surface area contributed by atoms with E-state index in [0.29, 0.717) is 0 Å². The summed E-state index contributed by atoms with van der Waals surface area (Å²) in [7, 11) is 1.22. The fourth-order valence-corrected chi connectivity index (χ4v) is 0.850. The van der Waals surface area contributed by atoms with Crippen LogP contribution in [-0.4, -0.2) is 16.5 Å². The van der Waals surface area contributed by atoms with Crippen molar-refractivity contribution in [3.63, 3.8) is 0 Å². The summed E-state index contributed by atoms with van der Waals surface area (Å²) in [6, 6.07) is 0. The Bertz CT molecular complexity index is 274. The molecule has 0 aliphatic carbocycles. The molecule has 0 aromatic carbocycles. The van der Waals surface area contributed by atoms with E-state index in [2.05, 4.69) is 4.98 Å². The number of rotatable bonds is 1. The van der Waals surface area contributed by atoms with Gasteiger partial charge in [-0.3, -0.25) is 0 Å². The second-order valence-corrected chi connectivity index (χ2v) is 2.42. The quantitative estimate of drug-likeness (QED) is 0.509. The zero-order valence-corrected chi connectivity index (χ0v) is 10.4. The van der Waals surface area contributed by atoms with Gasteiger partial charge in [0.15, 0.2) is 5.28 Å². The van der Waals surface area contributed by atoms with Gasteiger partial charge in [-0.05, 0) is 17.2 Å². The van der Waals surface area contributed by atoms with Gasteiger partial charge in [-0.25, -0.2) is 4.98 Å². The van der Waals surface area contributed by atoms with Gasteiger partial charge in [0.2, 0.25) is 0 Å². The zero-order chi connectivity index (χ0) is 8.65. The molecule has 0 spiro atoms. The smallest absolute Gasteiger partial charge is 0.444 e. The first-order chi connectivity index (χ1) is 4.93. The van der Waals surface area contributed by atoms with Crippen LogP contribution in [0.1, 0.15) is 0 Å². The number of halogens is 4. The summed E-state index contributed by atoms with van der Waals surface area (Å²) in [6.07, 6.45) is 0.725. The monoisotopic (exact) mass is 222 g/mol. The average Bonchev–Trinajstić information content (AvgIpc) is 2.11. The zero-order valence-electron chi connectivity index (χ0n) is 6.56. The van der Waals surface area contributed by atoms with E-state index in [1.54, 1.807) is 0 Å². The number of hydrogen-bond donors (Lipinski definition) is 0. The van der Waals surface area contributed by atoms with Crippen LogP contribution in [0.2, 0.25) is 5.28 Å². The second-order valence-electron chi connectivity index (χ2n) is 2.09. The van der Waals surface area contributed by atoms with Crippen LogP contribution < -0.4 is 57.0 Å². The van der Waals surface area contributed by atoms with Crippen LogP contribution in [0.3, 0.4) is 0 Å². The molecule has 62 valence electrons. The van der Waals surface area contributed by atoms with Crippen molar-refractivity contribution in [1.82, 2.24) is 9.55 Å². The Hall–Kier alpha value is 0.991. The van der Waals surface area contributed by atoms with Gasteiger partial charge in [0.05, 0.1) is 0 Å². The van der Waals surface area contributed by atoms with Crippen LogP contribution in [-0.2, 0) is 7.05 Å². The van der Waals surface area contributed by atoms with E-state index in [-0.39, 0.29) is 56.7 Å². The van der Waals surface area contributed by atoms with Gasteiger partial charge in [0.1, 0.15) is 0 Å². The first-order valence-corrected chi connectivity index (χ1v) is 3.18. The third kappa shape index (κ3) is 2.75. The maximum atomic E-state index is 12.0. The summed E-state index contributed by atoms with van der Waals surface area (Å²) >= 11 is 5.30. The van der Waals surface area contributed by atoms with Crippen molar-refractivity contribution < 1.29 is 64.3 Å². The maximum absolute atomic E-state index is 12.0. The molecule has 0 aliphatic rings. The molecule has 2 nitrogen and oxygen atoms in total. The fraction of sp³-hybridized carbons (Fsp3) is 0.250. The Kier molecular flexibility index (Phi) is 4.85. The summed E-state index contributed by atoms with van der Waals surface area (Å²) in [5.74, 6) is 0. The Balaban J connectivity index is 0.00000121. The van der Waals surface area contributed by atoms with Gasteiger partial charge in [0.25, 0.3) is 0 Å². The Morgan fingerprint density at radius 2 is 2.00 bits per heavy atom. The molecule has 0 amide bonds. The first-order valence-electron chi connectivity index (χ1n) is 2.80. The molecule has 0 radical (unpaired) electrons. The molecule has 0 bridgehead atoms. The molecule has 0 atom stereocenters. The molecule has 0 aliphatic heterocycles. The standard InChI is InChI=1S/C4H4BClF3N2.K/c1-11-3(5(7,8)9)2-10-4(11)6;/h2H,1H3;/q-1;+1. The van der Waals surface area contributed by atoms with Crippen molar-refractivity contribution in [2.24, 2.45) is 7.05 Å². The summed E-state index contributed by atoms with van der Waals surface area (Å²) in [5, 5.41) is -0.154. The predicted octanol–water partition coefficient (Wildman–Crippen LogP) is -1.87. The van der Waals surface area contributed by atoms with E-state index < -0.39 is 12.6 Å². The Labute approximate surface area is 115 Å².